The molecule has 0 aliphatic heterocycles. The van der Waals surface area contributed by atoms with Gasteiger partial charge < -0.3 is 10.1 Å². The molecule has 0 spiro atoms. The number of halogens is 1. The number of benzene rings is 1. The lowest BCUT2D eigenvalue weighted by Gasteiger charge is -2.12. The Labute approximate surface area is 132 Å². The molecule has 0 radical (unpaired) electrons. The first-order chi connectivity index (χ1) is 10.3. The molecule has 7 nitrogen and oxygen atoms in total. The van der Waals surface area contributed by atoms with E-state index in [-0.39, 0.29) is 16.6 Å². The predicted octanol–water partition coefficient (Wildman–Crippen LogP) is 2.71. The highest BCUT2D eigenvalue weighted by Crippen LogP contribution is 2.23. The summed E-state index contributed by atoms with van der Waals surface area (Å²) in [4.78, 5) is 33.6. The summed E-state index contributed by atoms with van der Waals surface area (Å²) in [7, 11) is 0. The Morgan fingerprint density at radius 1 is 1.45 bits per heavy atom. The summed E-state index contributed by atoms with van der Waals surface area (Å²) in [5, 5.41) is 13.7. The summed E-state index contributed by atoms with van der Waals surface area (Å²) in [6, 6.07) is 3.52. The molecule has 0 aliphatic rings. The lowest BCUT2D eigenvalue weighted by Crippen LogP contribution is -2.35. The van der Waals surface area contributed by atoms with Crippen molar-refractivity contribution in [2.45, 2.75) is 32.7 Å². The Morgan fingerprint density at radius 2 is 2.14 bits per heavy atom. The van der Waals surface area contributed by atoms with Crippen molar-refractivity contribution in [3.63, 3.8) is 0 Å². The van der Waals surface area contributed by atoms with Crippen molar-refractivity contribution in [1.29, 1.82) is 0 Å². The van der Waals surface area contributed by atoms with Gasteiger partial charge in [0.1, 0.15) is 5.56 Å². The number of nitrogens with one attached hydrogen (secondary N) is 1. The third-order valence-corrected chi connectivity index (χ3v) is 3.07. The maximum absolute atomic E-state index is 11.9. The molecule has 8 heteroatoms. The third kappa shape index (κ3) is 5.33. The van der Waals surface area contributed by atoms with E-state index < -0.39 is 29.1 Å². The summed E-state index contributed by atoms with van der Waals surface area (Å²) in [5.74, 6) is -1.42. The molecule has 0 saturated heterocycles. The van der Waals surface area contributed by atoms with Crippen LogP contribution in [0, 0.1) is 10.1 Å². The average molecular weight is 329 g/mol. The second-order valence-electron chi connectivity index (χ2n) is 4.75. The highest BCUT2D eigenvalue weighted by atomic mass is 35.5. The van der Waals surface area contributed by atoms with Crippen molar-refractivity contribution in [2.75, 3.05) is 6.61 Å². The molecule has 120 valence electrons. The Morgan fingerprint density at radius 3 is 2.73 bits per heavy atom. The summed E-state index contributed by atoms with van der Waals surface area (Å²) in [5.41, 5.74) is -0.707. The first kappa shape index (κ1) is 17.9. The number of ether oxygens (including phenoxy) is 1. The van der Waals surface area contributed by atoms with E-state index in [1.54, 1.807) is 0 Å². The maximum atomic E-state index is 11.9. The average Bonchev–Trinajstić information content (AvgIpc) is 2.44. The van der Waals surface area contributed by atoms with Gasteiger partial charge in [0.05, 0.1) is 4.92 Å². The van der Waals surface area contributed by atoms with Crippen molar-refractivity contribution in [2.24, 2.45) is 0 Å². The summed E-state index contributed by atoms with van der Waals surface area (Å²) < 4.78 is 4.80. The van der Waals surface area contributed by atoms with Crippen LogP contribution in [0.4, 0.5) is 5.69 Å². The van der Waals surface area contributed by atoms with E-state index in [1.165, 1.54) is 6.07 Å². The first-order valence-corrected chi connectivity index (χ1v) is 7.13. The van der Waals surface area contributed by atoms with Gasteiger partial charge in [-0.15, -0.1) is 0 Å². The normalized spacial score (nSPS) is 11.6. The van der Waals surface area contributed by atoms with Gasteiger partial charge in [0.15, 0.2) is 6.61 Å². The molecule has 1 atom stereocenters. The number of carbonyl (C=O) groups is 2. The van der Waals surface area contributed by atoms with Gasteiger partial charge in [0, 0.05) is 17.1 Å². The molecule has 1 aromatic rings. The Bertz CT molecular complexity index is 576. The lowest BCUT2D eigenvalue weighted by atomic mass is 10.2. The van der Waals surface area contributed by atoms with Gasteiger partial charge in [0.25, 0.3) is 11.6 Å². The van der Waals surface area contributed by atoms with E-state index in [1.807, 2.05) is 13.8 Å². The zero-order valence-corrected chi connectivity index (χ0v) is 13.1. The van der Waals surface area contributed by atoms with Crippen molar-refractivity contribution >= 4 is 29.2 Å². The fourth-order valence-corrected chi connectivity index (χ4v) is 2.03. The fourth-order valence-electron chi connectivity index (χ4n) is 1.86. The minimum absolute atomic E-state index is 0.0308. The molecule has 0 unspecified atom stereocenters. The highest BCUT2D eigenvalue weighted by molar-refractivity contribution is 6.31. The second kappa shape index (κ2) is 8.33. The van der Waals surface area contributed by atoms with Gasteiger partial charge in [-0.3, -0.25) is 14.9 Å². The molecule has 22 heavy (non-hydrogen) atoms. The molecule has 1 amide bonds. The van der Waals surface area contributed by atoms with Crippen molar-refractivity contribution in [3.05, 3.63) is 38.9 Å². The van der Waals surface area contributed by atoms with Gasteiger partial charge in [-0.25, -0.2) is 4.79 Å². The summed E-state index contributed by atoms with van der Waals surface area (Å²) >= 11 is 5.72. The fraction of sp³-hybridized carbons (Fsp3) is 0.429. The van der Waals surface area contributed by atoms with E-state index in [4.69, 9.17) is 16.3 Å². The number of hydrogen-bond donors (Lipinski definition) is 1. The number of amides is 1. The van der Waals surface area contributed by atoms with Gasteiger partial charge in [-0.05, 0) is 25.5 Å². The lowest BCUT2D eigenvalue weighted by molar-refractivity contribution is -0.385. The van der Waals surface area contributed by atoms with Crippen molar-refractivity contribution in [1.82, 2.24) is 5.32 Å². The maximum Gasteiger partial charge on any atom is 0.345 e. The SMILES string of the molecule is CCC[C@H](C)NC(=O)COC(=O)c1cc(Cl)ccc1[N+](=O)[O-]. The van der Waals surface area contributed by atoms with Crippen molar-refractivity contribution < 1.29 is 19.2 Å². The largest absolute Gasteiger partial charge is 0.452 e. The molecule has 0 aromatic heterocycles. The van der Waals surface area contributed by atoms with E-state index in [0.717, 1.165) is 25.0 Å². The number of carbonyl (C=O) groups excluding carboxylic acids is 2. The zero-order valence-electron chi connectivity index (χ0n) is 12.3. The van der Waals surface area contributed by atoms with E-state index in [9.17, 15) is 19.7 Å². The number of rotatable bonds is 7. The molecule has 0 heterocycles. The second-order valence-corrected chi connectivity index (χ2v) is 5.19. The molecule has 0 saturated carbocycles. The van der Waals surface area contributed by atoms with Crippen LogP contribution in [0.3, 0.4) is 0 Å². The molecule has 0 fully saturated rings. The minimum Gasteiger partial charge on any atom is -0.452 e. The number of nitro benzene ring substituents is 1. The van der Waals surface area contributed by atoms with Gasteiger partial charge >= 0.3 is 5.97 Å². The standard InChI is InChI=1S/C14H17ClN2O5/c1-3-4-9(2)16-13(18)8-22-14(19)11-7-10(15)5-6-12(11)17(20)21/h5-7,9H,3-4,8H2,1-2H3,(H,16,18)/t9-/m0/s1. The summed E-state index contributed by atoms with van der Waals surface area (Å²) in [6.07, 6.45) is 1.72. The van der Waals surface area contributed by atoms with Crippen LogP contribution >= 0.6 is 11.6 Å². The van der Waals surface area contributed by atoms with Crippen LogP contribution in [0.1, 0.15) is 37.0 Å². The summed E-state index contributed by atoms with van der Waals surface area (Å²) in [6.45, 7) is 3.32. The van der Waals surface area contributed by atoms with Crippen LogP contribution in [0.15, 0.2) is 18.2 Å². The van der Waals surface area contributed by atoms with Gasteiger partial charge in [-0.1, -0.05) is 24.9 Å². The quantitative estimate of drug-likeness (QED) is 0.471. The van der Waals surface area contributed by atoms with Crippen molar-refractivity contribution in [3.8, 4) is 0 Å². The first-order valence-electron chi connectivity index (χ1n) is 6.75. The van der Waals surface area contributed by atoms with E-state index in [2.05, 4.69) is 5.32 Å². The highest BCUT2D eigenvalue weighted by Gasteiger charge is 2.22. The van der Waals surface area contributed by atoms with E-state index >= 15 is 0 Å². The molecule has 0 bridgehead atoms. The molecule has 0 aliphatic carbocycles. The molecular formula is C14H17ClN2O5. The molecule has 1 rings (SSSR count). The number of esters is 1. The van der Waals surface area contributed by atoms with Crippen LogP contribution in [-0.2, 0) is 9.53 Å². The predicted molar refractivity (Wildman–Crippen MR) is 80.9 cm³/mol. The van der Waals surface area contributed by atoms with Crippen LogP contribution < -0.4 is 5.32 Å². The smallest absolute Gasteiger partial charge is 0.345 e. The van der Waals surface area contributed by atoms with E-state index in [0.29, 0.717) is 0 Å². The van der Waals surface area contributed by atoms with Gasteiger partial charge in [0.2, 0.25) is 0 Å². The molecular weight excluding hydrogens is 312 g/mol. The third-order valence-electron chi connectivity index (χ3n) is 2.84. The van der Waals surface area contributed by atoms with Crippen LogP contribution in [0.25, 0.3) is 0 Å². The molecule has 1 aromatic carbocycles. The Kier molecular flexibility index (Phi) is 6.78. The van der Waals surface area contributed by atoms with Crippen LogP contribution in [-0.4, -0.2) is 29.4 Å². The zero-order chi connectivity index (χ0) is 16.7. The topological polar surface area (TPSA) is 98.5 Å². The Balaban J connectivity index is 2.68. The van der Waals surface area contributed by atoms with Crippen LogP contribution in [0.2, 0.25) is 5.02 Å². The molecule has 1 N–H and O–H groups in total. The minimum atomic E-state index is -0.965. The monoisotopic (exact) mass is 328 g/mol. The van der Waals surface area contributed by atoms with Gasteiger partial charge in [-0.2, -0.15) is 0 Å². The number of nitrogens with zero attached hydrogens (tertiary/aromatic N) is 1. The number of nitro groups is 1. The Hall–Kier alpha value is -2.15. The van der Waals surface area contributed by atoms with Crippen LogP contribution in [0.5, 0.6) is 0 Å². The number of hydrogen-bond acceptors (Lipinski definition) is 5.